The normalized spacial score (nSPS) is 19.0. The number of carbonyl (C=O) groups excluding carboxylic acids is 1. The third-order valence-electron chi connectivity index (χ3n) is 4.80. The maximum Gasteiger partial charge on any atom is 0.226 e. The zero-order chi connectivity index (χ0) is 17.9. The molecule has 0 radical (unpaired) electrons. The Morgan fingerprint density at radius 1 is 1.12 bits per heavy atom. The fourth-order valence-electron chi connectivity index (χ4n) is 3.25. The van der Waals surface area contributed by atoms with E-state index in [1.807, 2.05) is 59.5 Å². The van der Waals surface area contributed by atoms with Crippen LogP contribution in [0.15, 0.2) is 59.8 Å². The van der Waals surface area contributed by atoms with Crippen molar-refractivity contribution in [3.05, 3.63) is 70.7 Å². The highest BCUT2D eigenvalue weighted by atomic mass is 35.5. The molecule has 2 aliphatic rings. The number of rotatable bonds is 6. The van der Waals surface area contributed by atoms with Gasteiger partial charge in [-0.05, 0) is 24.5 Å². The van der Waals surface area contributed by atoms with Crippen molar-refractivity contribution in [1.29, 1.82) is 0 Å². The van der Waals surface area contributed by atoms with Crippen molar-refractivity contribution in [2.75, 3.05) is 6.54 Å². The van der Waals surface area contributed by atoms with Gasteiger partial charge in [0.1, 0.15) is 0 Å². The van der Waals surface area contributed by atoms with Gasteiger partial charge in [0.15, 0.2) is 6.10 Å². The summed E-state index contributed by atoms with van der Waals surface area (Å²) in [4.78, 5) is 20.3. The van der Waals surface area contributed by atoms with E-state index in [1.165, 1.54) is 0 Å². The molecule has 0 saturated heterocycles. The van der Waals surface area contributed by atoms with Crippen LogP contribution in [0.4, 0.5) is 0 Å². The Balaban J connectivity index is 1.43. The minimum Gasteiger partial charge on any atom is -0.390 e. The molecule has 0 spiro atoms. The van der Waals surface area contributed by atoms with E-state index in [9.17, 15) is 4.79 Å². The van der Waals surface area contributed by atoms with Gasteiger partial charge >= 0.3 is 0 Å². The Kier molecular flexibility index (Phi) is 4.93. The molecule has 5 heteroatoms. The van der Waals surface area contributed by atoms with Crippen LogP contribution in [0.3, 0.4) is 0 Å². The van der Waals surface area contributed by atoms with E-state index in [4.69, 9.17) is 16.4 Å². The van der Waals surface area contributed by atoms with Crippen LogP contribution in [0.25, 0.3) is 0 Å². The number of nitrogens with zero attached hydrogens (tertiary/aromatic N) is 2. The molecule has 1 aliphatic heterocycles. The third-order valence-corrected chi connectivity index (χ3v) is 5.13. The summed E-state index contributed by atoms with van der Waals surface area (Å²) < 4.78 is 0. The van der Waals surface area contributed by atoms with Gasteiger partial charge in [0.25, 0.3) is 0 Å². The standard InChI is InChI=1S/C21H21ClN2O2/c22-19-9-5-4-8-18(19)20-12-17(26-23-20)14-24(21(25)16-10-11-16)13-15-6-2-1-3-7-15/h1-9,16-17H,10-14H2/t17-/m0/s1. The van der Waals surface area contributed by atoms with Crippen molar-refractivity contribution in [2.45, 2.75) is 31.9 Å². The highest BCUT2D eigenvalue weighted by Gasteiger charge is 2.35. The highest BCUT2D eigenvalue weighted by Crippen LogP contribution is 2.32. The van der Waals surface area contributed by atoms with Gasteiger partial charge in [-0.2, -0.15) is 0 Å². The third kappa shape index (κ3) is 3.91. The monoisotopic (exact) mass is 368 g/mol. The number of amides is 1. The Labute approximate surface area is 158 Å². The minimum atomic E-state index is -0.132. The molecule has 1 saturated carbocycles. The molecule has 4 rings (SSSR count). The molecule has 4 nitrogen and oxygen atoms in total. The molecule has 1 amide bonds. The van der Waals surface area contributed by atoms with Crippen molar-refractivity contribution in [3.63, 3.8) is 0 Å². The SMILES string of the molecule is O=C(C1CC1)N(Cc1ccccc1)C[C@@H]1CC(c2ccccc2Cl)=NO1. The predicted octanol–water partition coefficient (Wildman–Crippen LogP) is 4.27. The lowest BCUT2D eigenvalue weighted by molar-refractivity contribution is -0.135. The molecule has 0 bridgehead atoms. The second-order valence-corrected chi connectivity index (χ2v) is 7.34. The molecule has 1 aliphatic carbocycles. The fourth-order valence-corrected chi connectivity index (χ4v) is 3.50. The lowest BCUT2D eigenvalue weighted by atomic mass is 10.0. The lowest BCUT2D eigenvalue weighted by Crippen LogP contribution is -2.38. The van der Waals surface area contributed by atoms with Crippen LogP contribution < -0.4 is 0 Å². The molecule has 1 fully saturated rings. The van der Waals surface area contributed by atoms with Gasteiger partial charge in [0.05, 0.1) is 12.3 Å². The average Bonchev–Trinajstić information content (AvgIpc) is 3.41. The minimum absolute atomic E-state index is 0.132. The highest BCUT2D eigenvalue weighted by molar-refractivity contribution is 6.34. The molecule has 1 heterocycles. The second kappa shape index (κ2) is 7.50. The van der Waals surface area contributed by atoms with E-state index < -0.39 is 0 Å². The molecular weight excluding hydrogens is 348 g/mol. The van der Waals surface area contributed by atoms with E-state index in [0.717, 1.165) is 29.7 Å². The number of hydrogen-bond acceptors (Lipinski definition) is 3. The smallest absolute Gasteiger partial charge is 0.226 e. The van der Waals surface area contributed by atoms with Crippen molar-refractivity contribution in [2.24, 2.45) is 11.1 Å². The maximum absolute atomic E-state index is 12.7. The van der Waals surface area contributed by atoms with Crippen molar-refractivity contribution >= 4 is 23.2 Å². The summed E-state index contributed by atoms with van der Waals surface area (Å²) in [6, 6.07) is 17.7. The summed E-state index contributed by atoms with van der Waals surface area (Å²) >= 11 is 6.26. The zero-order valence-corrected chi connectivity index (χ0v) is 15.2. The largest absolute Gasteiger partial charge is 0.390 e. The summed E-state index contributed by atoms with van der Waals surface area (Å²) in [5.41, 5.74) is 2.88. The number of halogens is 1. The lowest BCUT2D eigenvalue weighted by Gasteiger charge is -2.25. The number of carbonyl (C=O) groups is 1. The molecule has 2 aromatic carbocycles. The van der Waals surface area contributed by atoms with Gasteiger partial charge < -0.3 is 9.74 Å². The maximum atomic E-state index is 12.7. The average molecular weight is 369 g/mol. The summed E-state index contributed by atoms with van der Waals surface area (Å²) in [5, 5.41) is 4.89. The molecule has 0 aromatic heterocycles. The van der Waals surface area contributed by atoms with E-state index >= 15 is 0 Å². The van der Waals surface area contributed by atoms with Gasteiger partial charge in [0, 0.05) is 29.5 Å². The predicted molar refractivity (Wildman–Crippen MR) is 102 cm³/mol. The quantitative estimate of drug-likeness (QED) is 0.764. The van der Waals surface area contributed by atoms with Crippen molar-refractivity contribution < 1.29 is 9.63 Å². The number of hydrogen-bond donors (Lipinski definition) is 0. The topological polar surface area (TPSA) is 41.9 Å². The first-order valence-electron chi connectivity index (χ1n) is 9.01. The summed E-state index contributed by atoms with van der Waals surface area (Å²) in [7, 11) is 0. The van der Waals surface area contributed by atoms with E-state index in [-0.39, 0.29) is 17.9 Å². The Morgan fingerprint density at radius 3 is 2.58 bits per heavy atom. The Bertz CT molecular complexity index is 818. The van der Waals surface area contributed by atoms with Crippen LogP contribution in [0.1, 0.15) is 30.4 Å². The first-order valence-corrected chi connectivity index (χ1v) is 9.39. The Hall–Kier alpha value is -2.33. The van der Waals surface area contributed by atoms with E-state index in [1.54, 1.807) is 0 Å². The molecule has 0 unspecified atom stereocenters. The molecular formula is C21H21ClN2O2. The van der Waals surface area contributed by atoms with Crippen molar-refractivity contribution in [1.82, 2.24) is 4.90 Å². The van der Waals surface area contributed by atoms with Crippen LogP contribution in [0, 0.1) is 5.92 Å². The summed E-state index contributed by atoms with van der Waals surface area (Å²) in [5.74, 6) is 0.410. The van der Waals surface area contributed by atoms with Gasteiger partial charge in [0.2, 0.25) is 5.91 Å². The van der Waals surface area contributed by atoms with Crippen LogP contribution in [0.5, 0.6) is 0 Å². The van der Waals surface area contributed by atoms with E-state index in [0.29, 0.717) is 24.5 Å². The van der Waals surface area contributed by atoms with Crippen LogP contribution >= 0.6 is 11.6 Å². The van der Waals surface area contributed by atoms with Crippen LogP contribution in [0.2, 0.25) is 5.02 Å². The molecule has 134 valence electrons. The first kappa shape index (κ1) is 17.1. The number of benzene rings is 2. The zero-order valence-electron chi connectivity index (χ0n) is 14.5. The van der Waals surface area contributed by atoms with Crippen molar-refractivity contribution in [3.8, 4) is 0 Å². The van der Waals surface area contributed by atoms with Gasteiger partial charge in [-0.25, -0.2) is 0 Å². The summed E-state index contributed by atoms with van der Waals surface area (Å²) in [6.07, 6.45) is 2.52. The molecule has 2 aromatic rings. The molecule has 0 N–H and O–H groups in total. The first-order chi connectivity index (χ1) is 12.7. The van der Waals surface area contributed by atoms with Gasteiger partial charge in [-0.3, -0.25) is 4.79 Å². The molecule has 1 atom stereocenters. The Morgan fingerprint density at radius 2 is 1.85 bits per heavy atom. The summed E-state index contributed by atoms with van der Waals surface area (Å²) in [6.45, 7) is 1.15. The van der Waals surface area contributed by atoms with Crippen LogP contribution in [-0.4, -0.2) is 29.2 Å². The second-order valence-electron chi connectivity index (χ2n) is 6.93. The number of oxime groups is 1. The van der Waals surface area contributed by atoms with E-state index in [2.05, 4.69) is 5.16 Å². The van der Waals surface area contributed by atoms with Gasteiger partial charge in [-0.1, -0.05) is 65.3 Å². The molecule has 26 heavy (non-hydrogen) atoms. The fraction of sp³-hybridized carbons (Fsp3) is 0.333. The van der Waals surface area contributed by atoms with Crippen LogP contribution in [-0.2, 0) is 16.2 Å². The van der Waals surface area contributed by atoms with Gasteiger partial charge in [-0.15, -0.1) is 0 Å².